The zero-order valence-corrected chi connectivity index (χ0v) is 18.5. The quantitative estimate of drug-likeness (QED) is 0.664. The first-order valence-electron chi connectivity index (χ1n) is 10.4. The van der Waals surface area contributed by atoms with Crippen LogP contribution in [-0.4, -0.2) is 52.6 Å². The number of halogens is 3. The summed E-state index contributed by atoms with van der Waals surface area (Å²) in [5, 5.41) is 4.59. The topological polar surface area (TPSA) is 50.6 Å². The molecule has 1 aromatic heterocycles. The highest BCUT2D eigenvalue weighted by Gasteiger charge is 2.27. The second-order valence-electron chi connectivity index (χ2n) is 8.99. The Balaban J connectivity index is 1.82. The molecule has 1 saturated heterocycles. The van der Waals surface area contributed by atoms with Gasteiger partial charge in [-0.1, -0.05) is 13.8 Å². The molecule has 170 valence electrons. The Bertz CT molecular complexity index is 929. The molecule has 1 aliphatic heterocycles. The molecule has 1 amide bonds. The summed E-state index contributed by atoms with van der Waals surface area (Å²) in [4.78, 5) is 16.0. The maximum absolute atomic E-state index is 14.0. The van der Waals surface area contributed by atoms with Crippen LogP contribution in [0.4, 0.5) is 23.8 Å². The predicted molar refractivity (Wildman–Crippen MR) is 113 cm³/mol. The van der Waals surface area contributed by atoms with Gasteiger partial charge in [-0.15, -0.1) is 5.10 Å². The number of alkyl halides is 2. The van der Waals surface area contributed by atoms with Gasteiger partial charge in [0, 0.05) is 43.5 Å². The summed E-state index contributed by atoms with van der Waals surface area (Å²) in [6.45, 7) is 11.5. The van der Waals surface area contributed by atoms with Crippen molar-refractivity contribution < 1.29 is 22.7 Å². The highest BCUT2D eigenvalue weighted by Crippen LogP contribution is 2.28. The minimum absolute atomic E-state index is 0.0440. The third-order valence-corrected chi connectivity index (χ3v) is 4.97. The maximum atomic E-state index is 14.0. The monoisotopic (exact) mass is 438 g/mol. The molecule has 2 heterocycles. The van der Waals surface area contributed by atoms with Crippen LogP contribution in [0.1, 0.15) is 58.2 Å². The van der Waals surface area contributed by atoms with E-state index >= 15 is 0 Å². The highest BCUT2D eigenvalue weighted by atomic mass is 19.3. The minimum Gasteiger partial charge on any atom is -0.444 e. The fourth-order valence-electron chi connectivity index (χ4n) is 3.44. The van der Waals surface area contributed by atoms with Gasteiger partial charge in [0.1, 0.15) is 11.4 Å². The number of carbonyl (C=O) groups excluding carboxylic acids is 1. The third-order valence-electron chi connectivity index (χ3n) is 4.97. The van der Waals surface area contributed by atoms with Gasteiger partial charge in [-0.05, 0) is 44.9 Å². The van der Waals surface area contributed by atoms with Gasteiger partial charge in [0.25, 0.3) is 6.43 Å². The average molecular weight is 438 g/mol. The van der Waals surface area contributed by atoms with Crippen molar-refractivity contribution in [3.8, 4) is 5.69 Å². The number of hydrogen-bond donors (Lipinski definition) is 0. The minimum atomic E-state index is -2.77. The number of rotatable bonds is 4. The lowest BCUT2D eigenvalue weighted by Crippen LogP contribution is -2.50. The lowest BCUT2D eigenvalue weighted by atomic mass is 10.1. The molecule has 0 unspecified atom stereocenters. The SMILES string of the molecule is CC(C)c1cc(N2CCN(C(=O)OC(C)(C)C)CC2)nn1-c1cc(F)cc(C(F)F)c1. The standard InChI is InChI=1S/C22H29F3N4O2/c1-14(2)18-13-19(26-29(18)17-11-15(20(24)25)10-16(23)12-17)27-6-8-28(9-7-27)21(30)31-22(3,4)5/h10-14,20H,6-9H2,1-5H3. The molecule has 1 aliphatic rings. The average Bonchev–Trinajstić information content (AvgIpc) is 3.12. The summed E-state index contributed by atoms with van der Waals surface area (Å²) < 4.78 is 47.2. The zero-order valence-electron chi connectivity index (χ0n) is 18.5. The Kier molecular flexibility index (Phi) is 6.52. The molecule has 0 aliphatic carbocycles. The molecule has 0 N–H and O–H groups in total. The Morgan fingerprint density at radius 1 is 1.06 bits per heavy atom. The summed E-state index contributed by atoms with van der Waals surface area (Å²) in [5.74, 6) is -0.0245. The predicted octanol–water partition coefficient (Wildman–Crippen LogP) is 5.13. The summed E-state index contributed by atoms with van der Waals surface area (Å²) >= 11 is 0. The van der Waals surface area contributed by atoms with Crippen LogP contribution >= 0.6 is 0 Å². The van der Waals surface area contributed by atoms with Gasteiger partial charge in [0.05, 0.1) is 5.69 Å². The molecule has 9 heteroatoms. The van der Waals surface area contributed by atoms with Crippen LogP contribution in [0, 0.1) is 5.82 Å². The van der Waals surface area contributed by atoms with E-state index in [0.717, 1.165) is 11.8 Å². The molecular formula is C22H29F3N4O2. The number of hydrogen-bond acceptors (Lipinski definition) is 4. The fraction of sp³-hybridized carbons (Fsp3) is 0.545. The number of anilines is 1. The van der Waals surface area contributed by atoms with Crippen molar-refractivity contribution in [2.24, 2.45) is 0 Å². The third kappa shape index (κ3) is 5.51. The van der Waals surface area contributed by atoms with E-state index in [1.54, 1.807) is 4.90 Å². The first kappa shape index (κ1) is 23.0. The number of aromatic nitrogens is 2. The largest absolute Gasteiger partial charge is 0.444 e. The van der Waals surface area contributed by atoms with Crippen LogP contribution < -0.4 is 4.90 Å². The second kappa shape index (κ2) is 8.80. The molecule has 0 radical (unpaired) electrons. The first-order valence-corrected chi connectivity index (χ1v) is 10.4. The molecule has 3 rings (SSSR count). The Morgan fingerprint density at radius 3 is 2.26 bits per heavy atom. The van der Waals surface area contributed by atoms with Crippen molar-refractivity contribution in [2.45, 2.75) is 52.6 Å². The molecule has 2 aromatic rings. The van der Waals surface area contributed by atoms with Crippen molar-refractivity contribution in [1.29, 1.82) is 0 Å². The van der Waals surface area contributed by atoms with E-state index in [1.165, 1.54) is 16.8 Å². The number of nitrogens with zero attached hydrogens (tertiary/aromatic N) is 4. The number of piperazine rings is 1. The summed E-state index contributed by atoms with van der Waals surface area (Å²) in [5.41, 5.74) is 0.113. The highest BCUT2D eigenvalue weighted by molar-refractivity contribution is 5.68. The van der Waals surface area contributed by atoms with Crippen LogP contribution in [0.2, 0.25) is 0 Å². The van der Waals surface area contributed by atoms with Crippen LogP contribution in [0.25, 0.3) is 5.69 Å². The molecule has 1 fully saturated rings. The van der Waals surface area contributed by atoms with Gasteiger partial charge in [0.2, 0.25) is 0 Å². The van der Waals surface area contributed by atoms with Gasteiger partial charge in [0.15, 0.2) is 5.82 Å². The van der Waals surface area contributed by atoms with Crippen molar-refractivity contribution in [1.82, 2.24) is 14.7 Å². The van der Waals surface area contributed by atoms with E-state index in [2.05, 4.69) is 5.10 Å². The van der Waals surface area contributed by atoms with E-state index in [-0.39, 0.29) is 23.3 Å². The van der Waals surface area contributed by atoms with Crippen molar-refractivity contribution in [3.63, 3.8) is 0 Å². The molecule has 1 aromatic carbocycles. The van der Waals surface area contributed by atoms with E-state index in [0.29, 0.717) is 32.0 Å². The molecular weight excluding hydrogens is 409 g/mol. The number of amides is 1. The van der Waals surface area contributed by atoms with Crippen LogP contribution in [0.15, 0.2) is 24.3 Å². The van der Waals surface area contributed by atoms with Gasteiger partial charge in [-0.3, -0.25) is 0 Å². The Labute approximate surface area is 180 Å². The smallest absolute Gasteiger partial charge is 0.410 e. The van der Waals surface area contributed by atoms with E-state index in [9.17, 15) is 18.0 Å². The molecule has 31 heavy (non-hydrogen) atoms. The van der Waals surface area contributed by atoms with E-state index in [1.807, 2.05) is 45.6 Å². The van der Waals surface area contributed by atoms with Crippen molar-refractivity contribution in [3.05, 3.63) is 41.3 Å². The summed E-state index contributed by atoms with van der Waals surface area (Å²) in [6.07, 6.45) is -3.12. The van der Waals surface area contributed by atoms with Gasteiger partial charge >= 0.3 is 6.09 Å². The lowest BCUT2D eigenvalue weighted by Gasteiger charge is -2.35. The van der Waals surface area contributed by atoms with Crippen LogP contribution in [0.3, 0.4) is 0 Å². The first-order chi connectivity index (χ1) is 14.4. The van der Waals surface area contributed by atoms with E-state index < -0.39 is 17.8 Å². The van der Waals surface area contributed by atoms with Gasteiger partial charge in [-0.2, -0.15) is 0 Å². The second-order valence-corrected chi connectivity index (χ2v) is 8.99. The van der Waals surface area contributed by atoms with E-state index in [4.69, 9.17) is 4.74 Å². The van der Waals surface area contributed by atoms with Gasteiger partial charge < -0.3 is 14.5 Å². The molecule has 6 nitrogen and oxygen atoms in total. The zero-order chi connectivity index (χ0) is 22.9. The Hall–Kier alpha value is -2.71. The Morgan fingerprint density at radius 2 is 1.71 bits per heavy atom. The molecule has 0 spiro atoms. The normalized spacial score (nSPS) is 15.2. The maximum Gasteiger partial charge on any atom is 0.410 e. The molecule has 0 atom stereocenters. The van der Waals surface area contributed by atoms with Crippen LogP contribution in [0.5, 0.6) is 0 Å². The molecule has 0 bridgehead atoms. The number of ether oxygens (including phenoxy) is 1. The molecule has 0 saturated carbocycles. The van der Waals surface area contributed by atoms with Gasteiger partial charge in [-0.25, -0.2) is 22.6 Å². The number of carbonyl (C=O) groups is 1. The fourth-order valence-corrected chi connectivity index (χ4v) is 3.44. The van der Waals surface area contributed by atoms with Crippen molar-refractivity contribution in [2.75, 3.05) is 31.1 Å². The van der Waals surface area contributed by atoms with Crippen molar-refractivity contribution >= 4 is 11.9 Å². The summed E-state index contributed by atoms with van der Waals surface area (Å²) in [7, 11) is 0. The summed E-state index contributed by atoms with van der Waals surface area (Å²) in [6, 6.07) is 5.19. The number of benzene rings is 1. The lowest BCUT2D eigenvalue weighted by molar-refractivity contribution is 0.0240. The van der Waals surface area contributed by atoms with Crippen LogP contribution in [-0.2, 0) is 4.74 Å².